The molecule has 3 heterocycles. The van der Waals surface area contributed by atoms with Crippen LogP contribution in [0.1, 0.15) is 85.4 Å². The molecule has 0 spiro atoms. The van der Waals surface area contributed by atoms with E-state index in [0.29, 0.717) is 64.4 Å². The highest BCUT2D eigenvalue weighted by Gasteiger charge is 2.62. The molecule has 2 aromatic heterocycles. The molecule has 4 N–H and O–H groups in total. The third kappa shape index (κ3) is 8.00. The van der Waals surface area contributed by atoms with Crippen molar-refractivity contribution in [3.05, 3.63) is 28.1 Å². The van der Waals surface area contributed by atoms with E-state index in [1.165, 1.54) is 23.3 Å². The molecule has 3 aliphatic carbocycles. The largest absolute Gasteiger partial charge is 0.495 e. The van der Waals surface area contributed by atoms with Crippen molar-refractivity contribution < 1.29 is 38.5 Å². The van der Waals surface area contributed by atoms with Gasteiger partial charge in [0.2, 0.25) is 11.8 Å². The molecule has 16 heteroatoms. The Bertz CT molecular complexity index is 2110. The van der Waals surface area contributed by atoms with Gasteiger partial charge >= 0.3 is 12.1 Å². The molecule has 9 atom stereocenters. The second kappa shape index (κ2) is 15.7. The number of aryl methyl sites for hydroxylation is 1. The minimum atomic E-state index is -1.41. The Morgan fingerprint density at radius 3 is 2.40 bits per heavy atom. The molecule has 3 amide bonds. The molecule has 314 valence electrons. The summed E-state index contributed by atoms with van der Waals surface area (Å²) in [7, 11) is 1.52. The fraction of sp³-hybridized carbons (Fsp3) is 0.619. The molecule has 14 nitrogen and oxygen atoms in total. The van der Waals surface area contributed by atoms with Crippen LogP contribution in [0.4, 0.5) is 9.93 Å². The second-order valence-electron chi connectivity index (χ2n) is 17.9. The smallest absolute Gasteiger partial charge is 0.408 e. The van der Waals surface area contributed by atoms with Crippen molar-refractivity contribution in [2.75, 3.05) is 19.0 Å². The molecule has 1 aliphatic heterocycles. The lowest BCUT2D eigenvalue weighted by Gasteiger charge is -2.35. The van der Waals surface area contributed by atoms with Gasteiger partial charge in [0.1, 0.15) is 52.0 Å². The summed E-state index contributed by atoms with van der Waals surface area (Å²) in [6.07, 6.45) is 0.932. The summed E-state index contributed by atoms with van der Waals surface area (Å²) in [6.45, 7) is 15.6. The van der Waals surface area contributed by atoms with E-state index in [1.54, 1.807) is 18.2 Å². The van der Waals surface area contributed by atoms with Crippen LogP contribution < -0.4 is 25.4 Å². The van der Waals surface area contributed by atoms with Gasteiger partial charge in [0.15, 0.2) is 5.13 Å². The number of amides is 3. The number of aromatic nitrogens is 2. The zero-order valence-electron chi connectivity index (χ0n) is 34.6. The number of pyridine rings is 1. The maximum absolute atomic E-state index is 14.7. The highest BCUT2D eigenvalue weighted by molar-refractivity contribution is 7.16. The van der Waals surface area contributed by atoms with Gasteiger partial charge in [-0.1, -0.05) is 52.6 Å². The zero-order chi connectivity index (χ0) is 42.0. The van der Waals surface area contributed by atoms with E-state index in [1.807, 2.05) is 48.5 Å². The topological polar surface area (TPSA) is 181 Å². The number of ether oxygens (including phenoxy) is 3. The van der Waals surface area contributed by atoms with E-state index in [9.17, 15) is 24.3 Å². The Labute approximate surface area is 348 Å². The predicted octanol–water partition coefficient (Wildman–Crippen LogP) is 7.05. The number of carbonyl (C=O) groups excluding carboxylic acids is 3. The number of carbonyl (C=O) groups is 4. The van der Waals surface area contributed by atoms with Gasteiger partial charge in [-0.25, -0.2) is 19.6 Å². The van der Waals surface area contributed by atoms with E-state index in [0.717, 1.165) is 22.9 Å². The summed E-state index contributed by atoms with van der Waals surface area (Å²) < 4.78 is 18.1. The summed E-state index contributed by atoms with van der Waals surface area (Å²) in [5.74, 6) is 0.186. The number of carboxylic acids is 1. The first-order chi connectivity index (χ1) is 27.3. The number of halogens is 1. The number of rotatable bonds is 13. The number of benzene rings is 1. The highest BCUT2D eigenvalue weighted by atomic mass is 35.5. The number of thiazole rings is 1. The first-order valence-electron chi connectivity index (χ1n) is 20.3. The number of alkyl carbamates (subject to hydrolysis) is 1. The number of aliphatic carboxylic acids is 1. The first-order valence-corrected chi connectivity index (χ1v) is 21.5. The lowest BCUT2D eigenvalue weighted by Crippen LogP contribution is -2.59. The number of anilines is 1. The number of nitrogens with one attached hydrogen (secondary N) is 3. The standard InChI is InChI=1S/C42H55ClN6O8S/c1-10-22-17-42(22,38(52)53)48-36(50)29-15-24(18-49(29)37(51)35(41(6,7)8)47-40(54)57-23-13-26-20(4)27(26)14-23)56-31-16-28(33-21(5)58-39(46-33)44-19(2)3)45-34-25(31)11-12-30(55-9)32(34)43/h11-12,16,19-20,22-24,26-27,29,35H,10,13-15,17-18H2,1-9H3,(H,44,46)(H,47,54)(H,48,50)(H,52,53)/t20?,22-,23?,24-,26-,27+,29?,35-,42-/m1/s1. The molecule has 1 aromatic carbocycles. The van der Waals surface area contributed by atoms with Crippen LogP contribution in [0.25, 0.3) is 22.3 Å². The van der Waals surface area contributed by atoms with Crippen LogP contribution in [-0.4, -0.2) is 93.4 Å². The molecular formula is C42H55ClN6O8S. The number of hydrogen-bond acceptors (Lipinski definition) is 11. The van der Waals surface area contributed by atoms with Crippen LogP contribution in [0.2, 0.25) is 5.02 Å². The van der Waals surface area contributed by atoms with Crippen molar-refractivity contribution in [2.24, 2.45) is 29.1 Å². The summed E-state index contributed by atoms with van der Waals surface area (Å²) in [4.78, 5) is 66.9. The predicted molar refractivity (Wildman–Crippen MR) is 221 cm³/mol. The normalized spacial score (nSPS) is 27.8. The third-order valence-corrected chi connectivity index (χ3v) is 13.7. The van der Waals surface area contributed by atoms with Gasteiger partial charge in [-0.15, -0.1) is 11.3 Å². The molecule has 0 bridgehead atoms. The Balaban J connectivity index is 1.21. The van der Waals surface area contributed by atoms with Crippen molar-refractivity contribution in [1.29, 1.82) is 0 Å². The summed E-state index contributed by atoms with van der Waals surface area (Å²) in [6, 6.07) is 3.30. The van der Waals surface area contributed by atoms with E-state index in [4.69, 9.17) is 35.8 Å². The van der Waals surface area contributed by atoms with E-state index in [2.05, 4.69) is 22.9 Å². The Hall–Kier alpha value is -4.37. The number of methoxy groups -OCH3 is 1. The number of nitrogens with zero attached hydrogens (tertiary/aromatic N) is 3. The quantitative estimate of drug-likeness (QED) is 0.139. The maximum atomic E-state index is 14.7. The van der Waals surface area contributed by atoms with E-state index in [-0.39, 0.29) is 36.1 Å². The third-order valence-electron chi connectivity index (χ3n) is 12.5. The van der Waals surface area contributed by atoms with Gasteiger partial charge in [-0.05, 0) is 81.3 Å². The number of carboxylic acid groups (broad SMARTS) is 1. The second-order valence-corrected chi connectivity index (χ2v) is 19.5. The van der Waals surface area contributed by atoms with Crippen molar-refractivity contribution in [1.82, 2.24) is 25.5 Å². The van der Waals surface area contributed by atoms with Crippen LogP contribution in [0, 0.1) is 36.0 Å². The molecule has 4 aliphatic rings. The molecule has 7 rings (SSSR count). The molecule has 3 saturated carbocycles. The first kappa shape index (κ1) is 41.8. The van der Waals surface area contributed by atoms with Crippen LogP contribution in [-0.2, 0) is 19.1 Å². The molecule has 0 radical (unpaired) electrons. The molecule has 3 unspecified atom stereocenters. The number of hydrogen-bond donors (Lipinski definition) is 4. The van der Waals surface area contributed by atoms with Gasteiger partial charge in [0.05, 0.1) is 24.9 Å². The van der Waals surface area contributed by atoms with E-state index < -0.39 is 53.0 Å². The summed E-state index contributed by atoms with van der Waals surface area (Å²) >= 11 is 8.37. The molecule has 3 aromatic rings. The van der Waals surface area contributed by atoms with Crippen molar-refractivity contribution in [3.63, 3.8) is 0 Å². The van der Waals surface area contributed by atoms with Crippen molar-refractivity contribution in [2.45, 2.75) is 123 Å². The Kier molecular flexibility index (Phi) is 11.3. The Morgan fingerprint density at radius 2 is 1.79 bits per heavy atom. The number of likely N-dealkylation sites (tertiary alicyclic amines) is 1. The SMILES string of the molecule is CC[C@@H]1C[C@]1(NC(=O)C1C[C@@H](Oc2cc(-c3nc(NC(C)C)sc3C)nc3c(Cl)c(OC)ccc23)CN1C(=O)[C@@H](NC(=O)OC1C[C@@H]2C(C)[C@@H]2C1)C(C)(C)C)C(=O)O. The van der Waals surface area contributed by atoms with Crippen LogP contribution >= 0.6 is 22.9 Å². The maximum Gasteiger partial charge on any atom is 0.408 e. The minimum Gasteiger partial charge on any atom is -0.495 e. The van der Waals surface area contributed by atoms with Crippen LogP contribution in [0.5, 0.6) is 11.5 Å². The summed E-state index contributed by atoms with van der Waals surface area (Å²) in [5.41, 5.74) is -0.619. The molecule has 4 fully saturated rings. The van der Waals surface area contributed by atoms with Gasteiger partial charge in [-0.3, -0.25) is 9.59 Å². The molecular weight excluding hydrogens is 784 g/mol. The average Bonchev–Trinajstić information content (AvgIpc) is 3.70. The summed E-state index contributed by atoms with van der Waals surface area (Å²) in [5, 5.41) is 20.8. The zero-order valence-corrected chi connectivity index (χ0v) is 36.2. The van der Waals surface area contributed by atoms with Gasteiger partial charge in [0.25, 0.3) is 0 Å². The molecule has 1 saturated heterocycles. The monoisotopic (exact) mass is 838 g/mol. The van der Waals surface area contributed by atoms with Crippen LogP contribution in [0.3, 0.4) is 0 Å². The lowest BCUT2D eigenvalue weighted by molar-refractivity contribution is -0.146. The van der Waals surface area contributed by atoms with Crippen LogP contribution in [0.15, 0.2) is 18.2 Å². The molecule has 58 heavy (non-hydrogen) atoms. The van der Waals surface area contributed by atoms with Crippen molar-refractivity contribution in [3.8, 4) is 22.9 Å². The minimum absolute atomic E-state index is 0.0252. The lowest BCUT2D eigenvalue weighted by atomic mass is 9.85. The van der Waals surface area contributed by atoms with Gasteiger partial charge in [-0.2, -0.15) is 0 Å². The van der Waals surface area contributed by atoms with Gasteiger partial charge < -0.3 is 40.2 Å². The Morgan fingerprint density at radius 1 is 1.09 bits per heavy atom. The average molecular weight is 839 g/mol. The fourth-order valence-corrected chi connectivity index (χ4v) is 10.3. The number of fused-ring (bicyclic) bond motifs is 2. The fourth-order valence-electron chi connectivity index (χ4n) is 9.01. The van der Waals surface area contributed by atoms with Crippen molar-refractivity contribution >= 4 is 62.8 Å². The van der Waals surface area contributed by atoms with Gasteiger partial charge in [0, 0.05) is 28.8 Å². The van der Waals surface area contributed by atoms with E-state index >= 15 is 0 Å². The highest BCUT2D eigenvalue weighted by Crippen LogP contribution is 2.57.